The Bertz CT molecular complexity index is 691. The summed E-state index contributed by atoms with van der Waals surface area (Å²) in [7, 11) is 0. The van der Waals surface area contributed by atoms with Gasteiger partial charge in [-0.05, 0) is 12.1 Å². The molecule has 2 rings (SSSR count). The van der Waals surface area contributed by atoms with Gasteiger partial charge in [-0.3, -0.25) is 4.79 Å². The molecule has 0 saturated heterocycles. The first kappa shape index (κ1) is 15.5. The summed E-state index contributed by atoms with van der Waals surface area (Å²) >= 11 is 11.3. The molecule has 0 spiro atoms. The Labute approximate surface area is 126 Å². The number of phenols is 1. The van der Waals surface area contributed by atoms with Crippen molar-refractivity contribution in [1.29, 1.82) is 0 Å². The van der Waals surface area contributed by atoms with Gasteiger partial charge < -0.3 is 10.4 Å². The van der Waals surface area contributed by atoms with Crippen LogP contribution in [0.3, 0.4) is 0 Å². The van der Waals surface area contributed by atoms with Crippen molar-refractivity contribution in [3.8, 4) is 5.75 Å². The molecule has 0 aromatic heterocycles. The first-order valence-electron chi connectivity index (χ1n) is 5.43. The standard InChI is InChI=1S/C13H6Cl2F3NO2/c14-7-3-6(4-8(15)12(7)20)19-13(21)11-9(17)1-5(16)2-10(11)18/h1-4,20H,(H,19,21). The molecule has 2 aromatic carbocycles. The fourth-order valence-corrected chi connectivity index (χ4v) is 2.08. The van der Waals surface area contributed by atoms with E-state index < -0.39 is 34.7 Å². The highest BCUT2D eigenvalue weighted by Crippen LogP contribution is 2.34. The average Bonchev–Trinajstić information content (AvgIpc) is 2.34. The van der Waals surface area contributed by atoms with Crippen LogP contribution < -0.4 is 5.32 Å². The number of carbonyl (C=O) groups excluding carboxylic acids is 1. The molecule has 0 heterocycles. The van der Waals surface area contributed by atoms with E-state index in [0.29, 0.717) is 12.1 Å². The maximum atomic E-state index is 13.5. The molecule has 2 aromatic rings. The van der Waals surface area contributed by atoms with Crippen molar-refractivity contribution in [1.82, 2.24) is 0 Å². The van der Waals surface area contributed by atoms with Crippen LogP contribution in [0.5, 0.6) is 5.75 Å². The number of carbonyl (C=O) groups is 1. The lowest BCUT2D eigenvalue weighted by Gasteiger charge is -2.09. The van der Waals surface area contributed by atoms with E-state index in [1.165, 1.54) is 0 Å². The van der Waals surface area contributed by atoms with Gasteiger partial charge in [0.2, 0.25) is 0 Å². The van der Waals surface area contributed by atoms with Gasteiger partial charge in [-0.15, -0.1) is 0 Å². The monoisotopic (exact) mass is 335 g/mol. The largest absolute Gasteiger partial charge is 0.505 e. The highest BCUT2D eigenvalue weighted by atomic mass is 35.5. The molecule has 2 N–H and O–H groups in total. The van der Waals surface area contributed by atoms with Crippen molar-refractivity contribution < 1.29 is 23.1 Å². The minimum atomic E-state index is -1.35. The Balaban J connectivity index is 2.35. The topological polar surface area (TPSA) is 49.3 Å². The molecule has 0 atom stereocenters. The summed E-state index contributed by atoms with van der Waals surface area (Å²) in [5, 5.41) is 11.2. The summed E-state index contributed by atoms with van der Waals surface area (Å²) in [6, 6.07) is 3.05. The fraction of sp³-hybridized carbons (Fsp3) is 0. The van der Waals surface area contributed by atoms with Gasteiger partial charge in [0, 0.05) is 17.8 Å². The minimum Gasteiger partial charge on any atom is -0.505 e. The third-order valence-electron chi connectivity index (χ3n) is 2.51. The molecule has 0 radical (unpaired) electrons. The summed E-state index contributed by atoms with van der Waals surface area (Å²) < 4.78 is 39.7. The molecule has 0 bridgehead atoms. The van der Waals surface area contributed by atoms with Gasteiger partial charge in [0.25, 0.3) is 5.91 Å². The van der Waals surface area contributed by atoms with E-state index in [-0.39, 0.29) is 15.7 Å². The molecule has 1 amide bonds. The Morgan fingerprint density at radius 2 is 1.48 bits per heavy atom. The van der Waals surface area contributed by atoms with Gasteiger partial charge >= 0.3 is 0 Å². The molecule has 8 heteroatoms. The van der Waals surface area contributed by atoms with Crippen LogP contribution in [0.25, 0.3) is 0 Å². The lowest BCUT2D eigenvalue weighted by molar-refractivity contribution is 0.101. The Hall–Kier alpha value is -1.92. The summed E-state index contributed by atoms with van der Waals surface area (Å²) in [5.74, 6) is -5.38. The summed E-state index contributed by atoms with van der Waals surface area (Å²) in [6.07, 6.45) is 0. The zero-order valence-electron chi connectivity index (χ0n) is 10.1. The van der Waals surface area contributed by atoms with E-state index in [1.54, 1.807) is 0 Å². The molecule has 0 aliphatic rings. The summed E-state index contributed by atoms with van der Waals surface area (Å²) in [4.78, 5) is 11.8. The predicted molar refractivity (Wildman–Crippen MR) is 72.4 cm³/mol. The summed E-state index contributed by atoms with van der Waals surface area (Å²) in [5.41, 5.74) is -0.937. The molecule has 110 valence electrons. The molecule has 21 heavy (non-hydrogen) atoms. The number of nitrogens with one attached hydrogen (secondary N) is 1. The molecular weight excluding hydrogens is 330 g/mol. The highest BCUT2D eigenvalue weighted by Gasteiger charge is 2.19. The normalized spacial score (nSPS) is 10.5. The van der Waals surface area contributed by atoms with Crippen molar-refractivity contribution in [2.24, 2.45) is 0 Å². The number of amides is 1. The number of hydrogen-bond acceptors (Lipinski definition) is 2. The van der Waals surface area contributed by atoms with Crippen molar-refractivity contribution in [2.75, 3.05) is 5.32 Å². The molecule has 0 aliphatic heterocycles. The number of aromatic hydroxyl groups is 1. The second-order valence-electron chi connectivity index (χ2n) is 3.99. The second kappa shape index (κ2) is 5.83. The van der Waals surface area contributed by atoms with E-state index in [2.05, 4.69) is 5.32 Å². The van der Waals surface area contributed by atoms with Gasteiger partial charge in [0.1, 0.15) is 23.0 Å². The van der Waals surface area contributed by atoms with E-state index in [4.69, 9.17) is 23.2 Å². The van der Waals surface area contributed by atoms with Gasteiger partial charge in [-0.1, -0.05) is 23.2 Å². The third-order valence-corrected chi connectivity index (χ3v) is 3.08. The van der Waals surface area contributed by atoms with Crippen LogP contribution in [0.15, 0.2) is 24.3 Å². The quantitative estimate of drug-likeness (QED) is 0.800. The fourth-order valence-electron chi connectivity index (χ4n) is 1.59. The van der Waals surface area contributed by atoms with Crippen molar-refractivity contribution >= 4 is 34.8 Å². The number of rotatable bonds is 2. The van der Waals surface area contributed by atoms with E-state index >= 15 is 0 Å². The Kier molecular flexibility index (Phi) is 4.29. The highest BCUT2D eigenvalue weighted by molar-refractivity contribution is 6.37. The van der Waals surface area contributed by atoms with Crippen molar-refractivity contribution in [2.45, 2.75) is 0 Å². The Morgan fingerprint density at radius 1 is 1.00 bits per heavy atom. The molecule has 0 saturated carbocycles. The van der Waals surface area contributed by atoms with Crippen LogP contribution >= 0.6 is 23.2 Å². The van der Waals surface area contributed by atoms with Crippen LogP contribution in [0.1, 0.15) is 10.4 Å². The molecular formula is C13H6Cl2F3NO2. The smallest absolute Gasteiger partial charge is 0.261 e. The predicted octanol–water partition coefficient (Wildman–Crippen LogP) is 4.37. The molecule has 3 nitrogen and oxygen atoms in total. The number of phenolic OH excluding ortho intramolecular Hbond substituents is 1. The van der Waals surface area contributed by atoms with Crippen molar-refractivity contribution in [3.05, 3.63) is 57.3 Å². The molecule has 0 fully saturated rings. The minimum absolute atomic E-state index is 0.0101. The van der Waals surface area contributed by atoms with E-state index in [0.717, 1.165) is 12.1 Å². The van der Waals surface area contributed by atoms with Crippen LogP contribution in [-0.4, -0.2) is 11.0 Å². The maximum Gasteiger partial charge on any atom is 0.261 e. The van der Waals surface area contributed by atoms with Crippen molar-refractivity contribution in [3.63, 3.8) is 0 Å². The SMILES string of the molecule is O=C(Nc1cc(Cl)c(O)c(Cl)c1)c1c(F)cc(F)cc1F. The maximum absolute atomic E-state index is 13.5. The second-order valence-corrected chi connectivity index (χ2v) is 4.80. The lowest BCUT2D eigenvalue weighted by Crippen LogP contribution is -2.16. The number of anilines is 1. The molecule has 0 aliphatic carbocycles. The van der Waals surface area contributed by atoms with Crippen LogP contribution in [0, 0.1) is 17.5 Å². The first-order chi connectivity index (χ1) is 9.79. The molecule has 0 unspecified atom stereocenters. The van der Waals surface area contributed by atoms with E-state index in [9.17, 15) is 23.1 Å². The van der Waals surface area contributed by atoms with Gasteiger partial charge in [-0.2, -0.15) is 0 Å². The first-order valence-corrected chi connectivity index (χ1v) is 6.19. The number of hydrogen-bond donors (Lipinski definition) is 2. The number of halogens is 5. The average molecular weight is 336 g/mol. The van der Waals surface area contributed by atoms with Gasteiger partial charge in [0.15, 0.2) is 5.75 Å². The number of benzene rings is 2. The van der Waals surface area contributed by atoms with Crippen LogP contribution in [-0.2, 0) is 0 Å². The third kappa shape index (κ3) is 3.22. The van der Waals surface area contributed by atoms with Crippen LogP contribution in [0.4, 0.5) is 18.9 Å². The van der Waals surface area contributed by atoms with Gasteiger partial charge in [-0.25, -0.2) is 13.2 Å². The lowest BCUT2D eigenvalue weighted by atomic mass is 10.1. The summed E-state index contributed by atoms with van der Waals surface area (Å²) in [6.45, 7) is 0. The zero-order valence-corrected chi connectivity index (χ0v) is 11.6. The van der Waals surface area contributed by atoms with E-state index in [1.807, 2.05) is 0 Å². The van der Waals surface area contributed by atoms with Gasteiger partial charge in [0.05, 0.1) is 10.0 Å². The Morgan fingerprint density at radius 3 is 1.95 bits per heavy atom. The van der Waals surface area contributed by atoms with Crippen LogP contribution in [0.2, 0.25) is 10.0 Å². The zero-order chi connectivity index (χ0) is 15.7.